The molecule has 0 atom stereocenters. The summed E-state index contributed by atoms with van der Waals surface area (Å²) in [6.07, 6.45) is 4.19. The molecule has 1 saturated heterocycles. The molecule has 0 radical (unpaired) electrons. The number of aromatic nitrogens is 1. The molecule has 0 bridgehead atoms. The summed E-state index contributed by atoms with van der Waals surface area (Å²) in [5, 5.41) is 6.56. The van der Waals surface area contributed by atoms with Crippen molar-refractivity contribution in [1.82, 2.24) is 4.98 Å². The lowest BCUT2D eigenvalue weighted by Gasteiger charge is -2.28. The lowest BCUT2D eigenvalue weighted by atomic mass is 10.0. The molecular weight excluding hydrogens is 592 g/mol. The first-order valence-corrected chi connectivity index (χ1v) is 15.7. The second-order valence-corrected chi connectivity index (χ2v) is 11.5. The SMILES string of the molecule is COc1cc(OCc2ccncc2)cc(-c2ccc3c(c2)Nc2ccc(CCOc4ccc(N5CCOCC5)cc4)cc2NC3=O)c1. The van der Waals surface area contributed by atoms with Crippen molar-refractivity contribution < 1.29 is 23.7 Å². The number of nitrogens with zero attached hydrogens (tertiary/aromatic N) is 2. The molecule has 1 aromatic heterocycles. The van der Waals surface area contributed by atoms with Crippen LogP contribution in [0.5, 0.6) is 17.2 Å². The molecule has 9 heteroatoms. The Morgan fingerprint density at radius 3 is 2.34 bits per heavy atom. The Morgan fingerprint density at radius 2 is 1.53 bits per heavy atom. The van der Waals surface area contributed by atoms with Gasteiger partial charge in [-0.25, -0.2) is 0 Å². The third kappa shape index (κ3) is 7.15. The first kappa shape index (κ1) is 30.1. The molecule has 5 aromatic rings. The van der Waals surface area contributed by atoms with Crippen molar-refractivity contribution >= 4 is 28.7 Å². The van der Waals surface area contributed by atoms with Crippen molar-refractivity contribution in [2.75, 3.05) is 55.6 Å². The first-order chi connectivity index (χ1) is 23.1. The van der Waals surface area contributed by atoms with E-state index in [1.54, 1.807) is 19.5 Å². The van der Waals surface area contributed by atoms with E-state index in [4.69, 9.17) is 18.9 Å². The van der Waals surface area contributed by atoms with Gasteiger partial charge in [0.25, 0.3) is 5.91 Å². The van der Waals surface area contributed by atoms with Gasteiger partial charge in [-0.3, -0.25) is 9.78 Å². The molecule has 0 unspecified atom stereocenters. The van der Waals surface area contributed by atoms with Gasteiger partial charge in [-0.2, -0.15) is 0 Å². The molecule has 1 fully saturated rings. The minimum absolute atomic E-state index is 0.168. The van der Waals surface area contributed by atoms with Crippen LogP contribution in [-0.4, -0.2) is 50.9 Å². The summed E-state index contributed by atoms with van der Waals surface area (Å²) in [6, 6.07) is 29.7. The average molecular weight is 629 g/mol. The van der Waals surface area contributed by atoms with Crippen LogP contribution in [0.15, 0.2) is 103 Å². The summed E-state index contributed by atoms with van der Waals surface area (Å²) in [4.78, 5) is 19.7. The zero-order valence-electron chi connectivity index (χ0n) is 26.2. The molecule has 2 aliphatic rings. The molecule has 9 nitrogen and oxygen atoms in total. The smallest absolute Gasteiger partial charge is 0.257 e. The van der Waals surface area contributed by atoms with Crippen LogP contribution in [0, 0.1) is 0 Å². The topological polar surface area (TPSA) is 94.2 Å². The number of nitrogens with one attached hydrogen (secondary N) is 2. The van der Waals surface area contributed by atoms with E-state index in [1.807, 2.05) is 72.8 Å². The number of pyridine rings is 1. The highest BCUT2D eigenvalue weighted by Gasteiger charge is 2.20. The molecule has 0 spiro atoms. The minimum Gasteiger partial charge on any atom is -0.497 e. The van der Waals surface area contributed by atoms with Crippen molar-refractivity contribution in [3.05, 3.63) is 120 Å². The molecule has 7 rings (SSSR count). The van der Waals surface area contributed by atoms with Gasteiger partial charge in [0.2, 0.25) is 0 Å². The van der Waals surface area contributed by atoms with E-state index in [1.165, 1.54) is 5.69 Å². The number of rotatable bonds is 10. The van der Waals surface area contributed by atoms with Crippen molar-refractivity contribution in [2.45, 2.75) is 13.0 Å². The van der Waals surface area contributed by atoms with E-state index in [-0.39, 0.29) is 5.91 Å². The maximum absolute atomic E-state index is 13.3. The van der Waals surface area contributed by atoms with Crippen molar-refractivity contribution in [3.63, 3.8) is 0 Å². The fourth-order valence-corrected chi connectivity index (χ4v) is 5.77. The van der Waals surface area contributed by atoms with Crippen molar-refractivity contribution in [2.24, 2.45) is 0 Å². The van der Waals surface area contributed by atoms with Crippen LogP contribution in [0.25, 0.3) is 11.1 Å². The summed E-state index contributed by atoms with van der Waals surface area (Å²) >= 11 is 0. The van der Waals surface area contributed by atoms with Crippen LogP contribution in [0.3, 0.4) is 0 Å². The monoisotopic (exact) mass is 628 g/mol. The molecule has 4 aromatic carbocycles. The Morgan fingerprint density at radius 1 is 0.723 bits per heavy atom. The third-order valence-corrected chi connectivity index (χ3v) is 8.34. The third-order valence-electron chi connectivity index (χ3n) is 8.34. The van der Waals surface area contributed by atoms with Gasteiger partial charge >= 0.3 is 0 Å². The van der Waals surface area contributed by atoms with E-state index >= 15 is 0 Å². The van der Waals surface area contributed by atoms with Crippen LogP contribution in [-0.2, 0) is 17.8 Å². The largest absolute Gasteiger partial charge is 0.497 e. The molecule has 238 valence electrons. The maximum Gasteiger partial charge on any atom is 0.257 e. The van der Waals surface area contributed by atoms with Crippen LogP contribution in [0.2, 0.25) is 0 Å². The number of methoxy groups -OCH3 is 1. The van der Waals surface area contributed by atoms with E-state index in [2.05, 4.69) is 38.7 Å². The van der Waals surface area contributed by atoms with Crippen molar-refractivity contribution in [3.8, 4) is 28.4 Å². The molecule has 0 saturated carbocycles. The van der Waals surface area contributed by atoms with Gasteiger partial charge in [-0.05, 0) is 95.1 Å². The maximum atomic E-state index is 13.3. The molecule has 2 N–H and O–H groups in total. The summed E-state index contributed by atoms with van der Waals surface area (Å²) in [6.45, 7) is 4.27. The highest BCUT2D eigenvalue weighted by atomic mass is 16.5. The second-order valence-electron chi connectivity index (χ2n) is 11.5. The quantitative estimate of drug-likeness (QED) is 0.169. The van der Waals surface area contributed by atoms with Gasteiger partial charge in [-0.1, -0.05) is 12.1 Å². The number of carbonyl (C=O) groups excluding carboxylic acids is 1. The Balaban J connectivity index is 1.03. The van der Waals surface area contributed by atoms with Gasteiger partial charge in [0.1, 0.15) is 23.9 Å². The molecule has 3 heterocycles. The van der Waals surface area contributed by atoms with Crippen LogP contribution in [0.4, 0.5) is 22.7 Å². The number of fused-ring (bicyclic) bond motifs is 2. The van der Waals surface area contributed by atoms with Gasteiger partial charge < -0.3 is 34.5 Å². The summed E-state index contributed by atoms with van der Waals surface area (Å²) in [5.74, 6) is 2.03. The number of hydrogen-bond acceptors (Lipinski definition) is 8. The highest BCUT2D eigenvalue weighted by Crippen LogP contribution is 2.37. The number of anilines is 4. The van der Waals surface area contributed by atoms with Crippen LogP contribution in [0.1, 0.15) is 21.5 Å². The predicted octanol–water partition coefficient (Wildman–Crippen LogP) is 7.10. The number of ether oxygens (including phenoxy) is 4. The highest BCUT2D eigenvalue weighted by molar-refractivity contribution is 6.12. The number of hydrogen-bond donors (Lipinski definition) is 2. The summed E-state index contributed by atoms with van der Waals surface area (Å²) in [7, 11) is 1.63. The molecule has 2 aliphatic heterocycles. The number of amides is 1. The molecule has 0 aliphatic carbocycles. The normalized spacial score (nSPS) is 13.8. The molecule has 1 amide bonds. The number of morpholine rings is 1. The minimum atomic E-state index is -0.168. The summed E-state index contributed by atoms with van der Waals surface area (Å²) in [5.41, 5.74) is 7.94. The summed E-state index contributed by atoms with van der Waals surface area (Å²) < 4.78 is 23.2. The fraction of sp³-hybridized carbons (Fsp3) is 0.211. The predicted molar refractivity (Wildman–Crippen MR) is 183 cm³/mol. The van der Waals surface area contributed by atoms with Gasteiger partial charge in [0.15, 0.2) is 0 Å². The first-order valence-electron chi connectivity index (χ1n) is 15.7. The Hall–Kier alpha value is -5.54. The molecular formula is C38H36N4O5. The van der Waals surface area contributed by atoms with Crippen LogP contribution < -0.4 is 29.7 Å². The van der Waals surface area contributed by atoms with Gasteiger partial charge in [-0.15, -0.1) is 0 Å². The second kappa shape index (κ2) is 13.8. The molecule has 47 heavy (non-hydrogen) atoms. The Labute approximate surface area is 274 Å². The number of carbonyl (C=O) groups is 1. The standard InChI is InChI=1S/C38H36N4O5/c1-44-32-21-29(22-33(24-32)47-25-27-10-13-39-14-11-27)28-3-8-34-36(23-28)40-35-9-2-26(20-37(35)41-38(34)43)12-17-46-31-6-4-30(5-7-31)42-15-18-45-19-16-42/h2-11,13-14,20-24,40H,12,15-19,25H2,1H3,(H,41,43). The fourth-order valence-electron chi connectivity index (χ4n) is 5.77. The zero-order chi connectivity index (χ0) is 32.0. The van der Waals surface area contributed by atoms with Crippen molar-refractivity contribution in [1.29, 1.82) is 0 Å². The average Bonchev–Trinajstić information content (AvgIpc) is 3.26. The number of benzene rings is 4. The van der Waals surface area contributed by atoms with E-state index < -0.39 is 0 Å². The van der Waals surface area contributed by atoms with E-state index in [0.29, 0.717) is 36.7 Å². The van der Waals surface area contributed by atoms with E-state index in [0.717, 1.165) is 71.4 Å². The van der Waals surface area contributed by atoms with Gasteiger partial charge in [0, 0.05) is 43.7 Å². The van der Waals surface area contributed by atoms with Gasteiger partial charge in [0.05, 0.1) is 49.6 Å². The zero-order valence-corrected chi connectivity index (χ0v) is 26.2. The lowest BCUT2D eigenvalue weighted by Crippen LogP contribution is -2.36. The van der Waals surface area contributed by atoms with E-state index in [9.17, 15) is 4.79 Å². The Bertz CT molecular complexity index is 1860. The lowest BCUT2D eigenvalue weighted by molar-refractivity contribution is 0.102. The Kier molecular flexibility index (Phi) is 8.88. The van der Waals surface area contributed by atoms with Crippen LogP contribution >= 0.6 is 0 Å².